The minimum absolute atomic E-state index is 0.376. The molecule has 0 spiro atoms. The van der Waals surface area contributed by atoms with Gasteiger partial charge in [0.2, 0.25) is 0 Å². The van der Waals surface area contributed by atoms with E-state index in [1.807, 2.05) is 24.3 Å². The van der Waals surface area contributed by atoms with Gasteiger partial charge in [-0.15, -0.1) is 0 Å². The second kappa shape index (κ2) is 8.59. The highest BCUT2D eigenvalue weighted by molar-refractivity contribution is 9.10. The molecule has 1 aromatic heterocycles. The molecule has 1 amide bonds. The van der Waals surface area contributed by atoms with Gasteiger partial charge in [0, 0.05) is 10.2 Å². The van der Waals surface area contributed by atoms with Gasteiger partial charge in [0.25, 0.3) is 5.91 Å². The van der Waals surface area contributed by atoms with Gasteiger partial charge in [0.05, 0.1) is 12.1 Å². The normalized spacial score (nSPS) is 11.6. The highest BCUT2D eigenvalue weighted by Crippen LogP contribution is 2.15. The molecular weight excluding hydrogens is 412 g/mol. The Bertz CT molecular complexity index is 909. The maximum absolute atomic E-state index is 12.2. The lowest BCUT2D eigenvalue weighted by atomic mass is 10.1. The van der Waals surface area contributed by atoms with Crippen molar-refractivity contribution in [3.8, 4) is 0 Å². The fourth-order valence-electron chi connectivity index (χ4n) is 2.31. The maximum atomic E-state index is 12.2. The molecule has 1 heterocycles. The number of hydrogen-bond donors (Lipinski definition) is 1. The summed E-state index contributed by atoms with van der Waals surface area (Å²) >= 11 is 3.33. The molecule has 138 valence electrons. The first-order chi connectivity index (χ1) is 13.0. The van der Waals surface area contributed by atoms with E-state index < -0.39 is 18.0 Å². The molecule has 1 unspecified atom stereocenters. The first kappa shape index (κ1) is 18.8. The van der Waals surface area contributed by atoms with E-state index >= 15 is 0 Å². The zero-order valence-corrected chi connectivity index (χ0v) is 16.1. The van der Waals surface area contributed by atoms with Crippen LogP contribution in [0.25, 0.3) is 0 Å². The molecule has 0 aliphatic carbocycles. The third-order valence-corrected chi connectivity index (χ3v) is 4.29. The van der Waals surface area contributed by atoms with Crippen LogP contribution in [0.5, 0.6) is 0 Å². The van der Waals surface area contributed by atoms with Gasteiger partial charge in [-0.2, -0.15) is 5.10 Å². The second-order valence-corrected chi connectivity index (χ2v) is 6.75. The van der Waals surface area contributed by atoms with Crippen molar-refractivity contribution >= 4 is 33.5 Å². The largest absolute Gasteiger partial charge is 0.449 e. The Balaban J connectivity index is 1.55. The van der Waals surface area contributed by atoms with E-state index in [-0.39, 0.29) is 0 Å². The Morgan fingerprint density at radius 2 is 1.85 bits per heavy atom. The highest BCUT2D eigenvalue weighted by atomic mass is 79.9. The van der Waals surface area contributed by atoms with E-state index in [2.05, 4.69) is 31.3 Å². The third kappa shape index (κ3) is 5.24. The smallest absolute Gasteiger partial charge is 0.338 e. The molecular formula is C19H17BrN4O3. The highest BCUT2D eigenvalue weighted by Gasteiger charge is 2.19. The molecule has 1 atom stereocenters. The predicted molar refractivity (Wildman–Crippen MR) is 103 cm³/mol. The molecule has 27 heavy (non-hydrogen) atoms. The summed E-state index contributed by atoms with van der Waals surface area (Å²) in [6, 6.07) is 14.1. The van der Waals surface area contributed by atoms with Gasteiger partial charge in [-0.1, -0.05) is 28.1 Å². The number of halogens is 1. The summed E-state index contributed by atoms with van der Waals surface area (Å²) in [4.78, 5) is 28.3. The zero-order chi connectivity index (χ0) is 19.2. The van der Waals surface area contributed by atoms with Crippen LogP contribution in [0.3, 0.4) is 0 Å². The standard InChI is InChI=1S/C19H17BrN4O3/c1-13(18(25)23-17-8-6-16(20)7-9-17)27-19(26)15-4-2-14(3-5-15)10-24-12-21-11-22-24/h2-9,11-13H,10H2,1H3,(H,23,25). The SMILES string of the molecule is CC(OC(=O)c1ccc(Cn2cncn2)cc1)C(=O)Nc1ccc(Br)cc1. The summed E-state index contributed by atoms with van der Waals surface area (Å²) in [6.07, 6.45) is 2.16. The lowest BCUT2D eigenvalue weighted by molar-refractivity contribution is -0.123. The summed E-state index contributed by atoms with van der Waals surface area (Å²) in [5.74, 6) is -0.950. The molecule has 7 nitrogen and oxygen atoms in total. The Kier molecular flexibility index (Phi) is 5.97. The molecule has 0 aliphatic rings. The number of nitrogens with zero attached hydrogens (tertiary/aromatic N) is 3. The van der Waals surface area contributed by atoms with Crippen molar-refractivity contribution in [3.63, 3.8) is 0 Å². The van der Waals surface area contributed by atoms with E-state index in [1.165, 1.54) is 13.3 Å². The van der Waals surface area contributed by atoms with Gasteiger partial charge in [-0.05, 0) is 48.9 Å². The molecule has 2 aromatic carbocycles. The molecule has 0 aliphatic heterocycles. The number of aromatic nitrogens is 3. The van der Waals surface area contributed by atoms with Crippen LogP contribution in [-0.4, -0.2) is 32.7 Å². The fraction of sp³-hybridized carbons (Fsp3) is 0.158. The van der Waals surface area contributed by atoms with E-state index in [9.17, 15) is 9.59 Å². The number of rotatable bonds is 6. The Morgan fingerprint density at radius 1 is 1.15 bits per heavy atom. The molecule has 1 N–H and O–H groups in total. The maximum Gasteiger partial charge on any atom is 0.338 e. The number of benzene rings is 2. The predicted octanol–water partition coefficient (Wildman–Crippen LogP) is 3.27. The number of hydrogen-bond acceptors (Lipinski definition) is 5. The van der Waals surface area contributed by atoms with E-state index in [0.29, 0.717) is 17.8 Å². The Hall–Kier alpha value is -3.00. The van der Waals surface area contributed by atoms with Crippen LogP contribution >= 0.6 is 15.9 Å². The van der Waals surface area contributed by atoms with Crippen molar-refractivity contribution in [3.05, 3.63) is 76.8 Å². The number of ether oxygens (including phenoxy) is 1. The molecule has 0 bridgehead atoms. The minimum atomic E-state index is -0.920. The fourth-order valence-corrected chi connectivity index (χ4v) is 2.57. The quantitative estimate of drug-likeness (QED) is 0.608. The topological polar surface area (TPSA) is 86.1 Å². The lowest BCUT2D eigenvalue weighted by Gasteiger charge is -2.14. The van der Waals surface area contributed by atoms with Crippen LogP contribution in [0, 0.1) is 0 Å². The summed E-state index contributed by atoms with van der Waals surface area (Å²) in [6.45, 7) is 2.09. The molecule has 0 saturated carbocycles. The summed E-state index contributed by atoms with van der Waals surface area (Å²) in [5.41, 5.74) is 1.97. The number of anilines is 1. The molecule has 0 radical (unpaired) electrons. The van der Waals surface area contributed by atoms with Crippen LogP contribution in [0.4, 0.5) is 5.69 Å². The number of amides is 1. The Labute approximate surface area is 164 Å². The van der Waals surface area contributed by atoms with Crippen molar-refractivity contribution in [2.75, 3.05) is 5.32 Å². The van der Waals surface area contributed by atoms with Gasteiger partial charge >= 0.3 is 5.97 Å². The summed E-state index contributed by atoms with van der Waals surface area (Å²) in [7, 11) is 0. The van der Waals surface area contributed by atoms with Crippen molar-refractivity contribution < 1.29 is 14.3 Å². The van der Waals surface area contributed by atoms with E-state index in [0.717, 1.165) is 10.0 Å². The Morgan fingerprint density at radius 3 is 2.48 bits per heavy atom. The van der Waals surface area contributed by atoms with Crippen molar-refractivity contribution in [2.24, 2.45) is 0 Å². The van der Waals surface area contributed by atoms with Crippen molar-refractivity contribution in [1.82, 2.24) is 14.8 Å². The van der Waals surface area contributed by atoms with Crippen molar-refractivity contribution in [1.29, 1.82) is 0 Å². The molecule has 3 rings (SSSR count). The lowest BCUT2D eigenvalue weighted by Crippen LogP contribution is -2.30. The minimum Gasteiger partial charge on any atom is -0.449 e. The molecule has 8 heteroatoms. The van der Waals surface area contributed by atoms with Gasteiger partial charge < -0.3 is 10.1 Å². The van der Waals surface area contributed by atoms with Gasteiger partial charge in [0.1, 0.15) is 12.7 Å². The number of nitrogens with one attached hydrogen (secondary N) is 1. The number of carbonyl (C=O) groups is 2. The van der Waals surface area contributed by atoms with Crippen LogP contribution in [0.1, 0.15) is 22.8 Å². The van der Waals surface area contributed by atoms with E-state index in [4.69, 9.17) is 4.74 Å². The first-order valence-corrected chi connectivity index (χ1v) is 8.99. The molecule has 3 aromatic rings. The van der Waals surface area contributed by atoms with Crippen LogP contribution < -0.4 is 5.32 Å². The number of carbonyl (C=O) groups excluding carboxylic acids is 2. The average molecular weight is 429 g/mol. The number of esters is 1. The average Bonchev–Trinajstić information content (AvgIpc) is 3.17. The van der Waals surface area contributed by atoms with Crippen LogP contribution in [0.2, 0.25) is 0 Å². The zero-order valence-electron chi connectivity index (χ0n) is 14.5. The first-order valence-electron chi connectivity index (χ1n) is 8.20. The summed E-state index contributed by atoms with van der Waals surface area (Å²) in [5, 5.41) is 6.74. The van der Waals surface area contributed by atoms with Gasteiger partial charge in [0.15, 0.2) is 6.10 Å². The molecule has 0 fully saturated rings. The monoisotopic (exact) mass is 428 g/mol. The third-order valence-electron chi connectivity index (χ3n) is 3.77. The van der Waals surface area contributed by atoms with Crippen LogP contribution in [-0.2, 0) is 16.1 Å². The van der Waals surface area contributed by atoms with Gasteiger partial charge in [-0.3, -0.25) is 4.79 Å². The van der Waals surface area contributed by atoms with Crippen molar-refractivity contribution in [2.45, 2.75) is 19.6 Å². The molecule has 0 saturated heterocycles. The van der Waals surface area contributed by atoms with Gasteiger partial charge in [-0.25, -0.2) is 14.5 Å². The van der Waals surface area contributed by atoms with Crippen LogP contribution in [0.15, 0.2) is 65.7 Å². The summed E-state index contributed by atoms with van der Waals surface area (Å²) < 4.78 is 7.84. The van der Waals surface area contributed by atoms with E-state index in [1.54, 1.807) is 35.3 Å². The second-order valence-electron chi connectivity index (χ2n) is 5.83.